The number of aromatic nitrogens is 1. The topological polar surface area (TPSA) is 62.4 Å². The van der Waals surface area contributed by atoms with Crippen LogP contribution in [0.2, 0.25) is 0 Å². The van der Waals surface area contributed by atoms with E-state index >= 15 is 0 Å². The Bertz CT molecular complexity index is 1100. The van der Waals surface area contributed by atoms with Gasteiger partial charge in [-0.25, -0.2) is 4.39 Å². The molecule has 0 spiro atoms. The van der Waals surface area contributed by atoms with Gasteiger partial charge in [-0.05, 0) is 48.9 Å². The van der Waals surface area contributed by atoms with Crippen molar-refractivity contribution in [1.29, 1.82) is 0 Å². The van der Waals surface area contributed by atoms with Crippen LogP contribution in [0, 0.1) is 12.7 Å². The average Bonchev–Trinajstić information content (AvgIpc) is 3.22. The SMILES string of the molecule is Cc1cccc2cc(CN(C[C@H]3CCCO3)C(=O)c3ccccc3F)c(=O)[nH]c12. The Kier molecular flexibility index (Phi) is 5.45. The van der Waals surface area contributed by atoms with Crippen LogP contribution in [0.5, 0.6) is 0 Å². The van der Waals surface area contributed by atoms with Crippen molar-refractivity contribution >= 4 is 16.8 Å². The minimum atomic E-state index is -0.571. The second-order valence-electron chi connectivity index (χ2n) is 7.46. The third-order valence-electron chi connectivity index (χ3n) is 5.37. The van der Waals surface area contributed by atoms with Gasteiger partial charge in [-0.3, -0.25) is 9.59 Å². The lowest BCUT2D eigenvalue weighted by Crippen LogP contribution is -2.38. The van der Waals surface area contributed by atoms with Crippen LogP contribution in [-0.4, -0.2) is 35.0 Å². The molecule has 0 saturated carbocycles. The zero-order valence-electron chi connectivity index (χ0n) is 16.3. The molecule has 5 nitrogen and oxygen atoms in total. The molecule has 0 aliphatic carbocycles. The molecule has 0 bridgehead atoms. The zero-order chi connectivity index (χ0) is 20.4. The molecule has 2 aromatic carbocycles. The van der Waals surface area contributed by atoms with Gasteiger partial charge in [-0.2, -0.15) is 0 Å². The molecule has 0 radical (unpaired) electrons. The zero-order valence-corrected chi connectivity index (χ0v) is 16.3. The van der Waals surface area contributed by atoms with Crippen LogP contribution < -0.4 is 5.56 Å². The van der Waals surface area contributed by atoms with Gasteiger partial charge in [-0.1, -0.05) is 30.3 Å². The average molecular weight is 394 g/mol. The predicted octanol–water partition coefficient (Wildman–Crippen LogP) is 3.80. The maximum Gasteiger partial charge on any atom is 0.257 e. The number of rotatable bonds is 5. The maximum absolute atomic E-state index is 14.2. The van der Waals surface area contributed by atoms with Crippen molar-refractivity contribution < 1.29 is 13.9 Å². The quantitative estimate of drug-likeness (QED) is 0.716. The molecule has 0 unspecified atom stereocenters. The molecule has 6 heteroatoms. The molecule has 1 N–H and O–H groups in total. The number of aromatic amines is 1. The number of carbonyl (C=O) groups excluding carboxylic acids is 1. The normalized spacial score (nSPS) is 16.3. The number of fused-ring (bicyclic) bond motifs is 1. The number of aryl methyl sites for hydroxylation is 1. The molecule has 2 heterocycles. The highest BCUT2D eigenvalue weighted by molar-refractivity contribution is 5.94. The molecule has 1 aliphatic heterocycles. The summed E-state index contributed by atoms with van der Waals surface area (Å²) in [5.74, 6) is -1.01. The van der Waals surface area contributed by atoms with Crippen LogP contribution in [0.25, 0.3) is 10.9 Å². The summed E-state index contributed by atoms with van der Waals surface area (Å²) >= 11 is 0. The van der Waals surface area contributed by atoms with Crippen molar-refractivity contribution in [3.8, 4) is 0 Å². The Balaban J connectivity index is 1.69. The molecule has 3 aromatic rings. The Labute approximate surface area is 168 Å². The maximum atomic E-state index is 14.2. The summed E-state index contributed by atoms with van der Waals surface area (Å²) in [6.45, 7) is 3.00. The predicted molar refractivity (Wildman–Crippen MR) is 109 cm³/mol. The number of amides is 1. The fourth-order valence-electron chi connectivity index (χ4n) is 3.81. The van der Waals surface area contributed by atoms with E-state index in [-0.39, 0.29) is 23.8 Å². The molecule has 1 aliphatic rings. The number of hydrogen-bond acceptors (Lipinski definition) is 3. The summed E-state index contributed by atoms with van der Waals surface area (Å²) in [6.07, 6.45) is 1.67. The smallest absolute Gasteiger partial charge is 0.257 e. The standard InChI is InChI=1S/C23H23FN2O3/c1-15-6-4-7-16-12-17(22(27)25-21(15)16)13-26(14-18-8-5-11-29-18)23(28)19-9-2-3-10-20(19)24/h2-4,6-7,9-10,12,18H,5,8,11,13-14H2,1H3,(H,25,27)/t18-/m1/s1. The van der Waals surface area contributed by atoms with Crippen molar-refractivity contribution in [3.05, 3.63) is 81.4 Å². The molecule has 1 saturated heterocycles. The first-order valence-corrected chi connectivity index (χ1v) is 9.80. The Hall–Kier alpha value is -2.99. The second-order valence-corrected chi connectivity index (χ2v) is 7.46. The Morgan fingerprint density at radius 2 is 2.07 bits per heavy atom. The molecular formula is C23H23FN2O3. The van der Waals surface area contributed by atoms with Gasteiger partial charge in [0.25, 0.3) is 11.5 Å². The van der Waals surface area contributed by atoms with Crippen LogP contribution in [0.15, 0.2) is 53.3 Å². The van der Waals surface area contributed by atoms with E-state index < -0.39 is 11.7 Å². The number of H-pyrrole nitrogens is 1. The van der Waals surface area contributed by atoms with Gasteiger partial charge in [0.15, 0.2) is 0 Å². The van der Waals surface area contributed by atoms with E-state index in [4.69, 9.17) is 4.74 Å². The highest BCUT2D eigenvalue weighted by Gasteiger charge is 2.26. The highest BCUT2D eigenvalue weighted by Crippen LogP contribution is 2.20. The van der Waals surface area contributed by atoms with Gasteiger partial charge in [0.1, 0.15) is 5.82 Å². The molecule has 29 heavy (non-hydrogen) atoms. The van der Waals surface area contributed by atoms with Crippen molar-refractivity contribution in [1.82, 2.24) is 9.88 Å². The molecule has 4 rings (SSSR count). The summed E-state index contributed by atoms with van der Waals surface area (Å²) in [4.78, 5) is 30.2. The minimum Gasteiger partial charge on any atom is -0.376 e. The first-order valence-electron chi connectivity index (χ1n) is 9.80. The fraction of sp³-hybridized carbons (Fsp3) is 0.304. The van der Waals surface area contributed by atoms with Crippen LogP contribution in [0.3, 0.4) is 0 Å². The number of carbonyl (C=O) groups is 1. The van der Waals surface area contributed by atoms with Crippen molar-refractivity contribution in [2.75, 3.05) is 13.2 Å². The molecule has 1 fully saturated rings. The summed E-state index contributed by atoms with van der Waals surface area (Å²) in [5.41, 5.74) is 1.98. The summed E-state index contributed by atoms with van der Waals surface area (Å²) in [7, 11) is 0. The van der Waals surface area contributed by atoms with E-state index in [1.807, 2.05) is 25.1 Å². The van der Waals surface area contributed by atoms with Gasteiger partial charge < -0.3 is 14.6 Å². The van der Waals surface area contributed by atoms with Crippen molar-refractivity contribution in [2.24, 2.45) is 0 Å². The summed E-state index contributed by atoms with van der Waals surface area (Å²) in [6, 6.07) is 13.5. The third kappa shape index (κ3) is 4.07. The van der Waals surface area contributed by atoms with Gasteiger partial charge in [0.2, 0.25) is 0 Å². The number of benzene rings is 2. The van der Waals surface area contributed by atoms with E-state index in [0.29, 0.717) is 18.7 Å². The number of nitrogens with one attached hydrogen (secondary N) is 1. The monoisotopic (exact) mass is 394 g/mol. The molecule has 1 aromatic heterocycles. The summed E-state index contributed by atoms with van der Waals surface area (Å²) in [5, 5.41) is 0.898. The number of ether oxygens (including phenoxy) is 1. The van der Waals surface area contributed by atoms with E-state index in [1.165, 1.54) is 17.0 Å². The van der Waals surface area contributed by atoms with Gasteiger partial charge >= 0.3 is 0 Å². The van der Waals surface area contributed by atoms with Crippen LogP contribution in [0.4, 0.5) is 4.39 Å². The molecule has 150 valence electrons. The first-order chi connectivity index (χ1) is 14.0. The van der Waals surface area contributed by atoms with E-state index in [0.717, 1.165) is 29.3 Å². The lowest BCUT2D eigenvalue weighted by atomic mass is 10.1. The van der Waals surface area contributed by atoms with E-state index in [1.54, 1.807) is 18.2 Å². The van der Waals surface area contributed by atoms with E-state index in [2.05, 4.69) is 4.98 Å². The third-order valence-corrected chi connectivity index (χ3v) is 5.37. The number of nitrogens with zero attached hydrogens (tertiary/aromatic N) is 1. The second kappa shape index (κ2) is 8.17. The number of para-hydroxylation sites is 1. The largest absolute Gasteiger partial charge is 0.376 e. The molecule has 1 atom stereocenters. The fourth-order valence-corrected chi connectivity index (χ4v) is 3.81. The van der Waals surface area contributed by atoms with E-state index in [9.17, 15) is 14.0 Å². The number of pyridine rings is 1. The molecular weight excluding hydrogens is 371 g/mol. The highest BCUT2D eigenvalue weighted by atomic mass is 19.1. The van der Waals surface area contributed by atoms with Gasteiger partial charge in [0.05, 0.1) is 23.7 Å². The van der Waals surface area contributed by atoms with Crippen LogP contribution in [-0.2, 0) is 11.3 Å². The summed E-state index contributed by atoms with van der Waals surface area (Å²) < 4.78 is 19.9. The van der Waals surface area contributed by atoms with Gasteiger partial charge in [0, 0.05) is 18.7 Å². The Morgan fingerprint density at radius 3 is 2.83 bits per heavy atom. The van der Waals surface area contributed by atoms with Crippen LogP contribution >= 0.6 is 0 Å². The van der Waals surface area contributed by atoms with Gasteiger partial charge in [-0.15, -0.1) is 0 Å². The lowest BCUT2D eigenvalue weighted by molar-refractivity contribution is 0.0503. The number of halogens is 1. The van der Waals surface area contributed by atoms with Crippen molar-refractivity contribution in [2.45, 2.75) is 32.4 Å². The minimum absolute atomic E-state index is 0.00133. The lowest BCUT2D eigenvalue weighted by Gasteiger charge is -2.25. The Morgan fingerprint density at radius 1 is 1.24 bits per heavy atom. The first kappa shape index (κ1) is 19.3. The molecule has 1 amide bonds. The van der Waals surface area contributed by atoms with Crippen molar-refractivity contribution in [3.63, 3.8) is 0 Å². The number of hydrogen-bond donors (Lipinski definition) is 1. The van der Waals surface area contributed by atoms with Crippen LogP contribution in [0.1, 0.15) is 34.3 Å².